The van der Waals surface area contributed by atoms with E-state index in [1.54, 1.807) is 17.6 Å². The minimum absolute atomic E-state index is 0.0259. The summed E-state index contributed by atoms with van der Waals surface area (Å²) in [5.41, 5.74) is 5.61. The Bertz CT molecular complexity index is 1400. The Morgan fingerprint density at radius 1 is 1.14 bits per heavy atom. The second-order valence-electron chi connectivity index (χ2n) is 7.71. The number of benzene rings is 3. The van der Waals surface area contributed by atoms with Crippen molar-refractivity contribution in [2.45, 2.75) is 31.0 Å². The number of phenols is 1. The van der Waals surface area contributed by atoms with Gasteiger partial charge in [0.25, 0.3) is 0 Å². The number of nitrogens with one attached hydrogen (secondary N) is 1. The van der Waals surface area contributed by atoms with E-state index >= 15 is 0 Å². The molecule has 0 aliphatic rings. The number of carbonyl (C=O) groups excluding carboxylic acids is 1. The Labute approximate surface area is 240 Å². The average Bonchev–Trinajstić information content (AvgIpc) is 3.26. The first kappa shape index (κ1) is 26.4. The van der Waals surface area contributed by atoms with Gasteiger partial charge in [0.2, 0.25) is 5.91 Å². The van der Waals surface area contributed by atoms with Crippen molar-refractivity contribution < 1.29 is 9.90 Å². The molecular weight excluding hydrogens is 704 g/mol. The lowest BCUT2D eigenvalue weighted by Gasteiger charge is -2.14. The van der Waals surface area contributed by atoms with Crippen molar-refractivity contribution >= 4 is 102 Å². The fourth-order valence-corrected chi connectivity index (χ4v) is 7.36. The van der Waals surface area contributed by atoms with Gasteiger partial charge in [0.15, 0.2) is 4.34 Å². The van der Waals surface area contributed by atoms with Gasteiger partial charge in [-0.3, -0.25) is 9.79 Å². The smallest absolute Gasteiger partial charge is 0.234 e. The van der Waals surface area contributed by atoms with Crippen LogP contribution < -0.4 is 5.32 Å². The summed E-state index contributed by atoms with van der Waals surface area (Å²) >= 11 is 7.34. The molecule has 0 aliphatic heterocycles. The molecule has 5 nitrogen and oxygen atoms in total. The molecule has 0 fully saturated rings. The SMILES string of the molecule is CCc1cccc(CC)c1NC(=O)CSc1nc2ccc(N=Cc3cc(I)cc(I)c3O)cc2s1. The number of hydrogen-bond acceptors (Lipinski definition) is 6. The first-order valence-corrected chi connectivity index (χ1v) is 15.0. The second-order valence-corrected chi connectivity index (χ2v) is 12.4. The van der Waals surface area contributed by atoms with Crippen LogP contribution in [0.25, 0.3) is 10.2 Å². The molecule has 180 valence electrons. The lowest BCUT2D eigenvalue weighted by molar-refractivity contribution is -0.113. The van der Waals surface area contributed by atoms with Crippen LogP contribution in [0.2, 0.25) is 0 Å². The van der Waals surface area contributed by atoms with Gasteiger partial charge in [-0.15, -0.1) is 11.3 Å². The number of hydrogen-bond donors (Lipinski definition) is 2. The number of rotatable bonds is 8. The third kappa shape index (κ3) is 6.55. The molecule has 0 radical (unpaired) electrons. The van der Waals surface area contributed by atoms with Crippen LogP contribution in [0.3, 0.4) is 0 Å². The van der Waals surface area contributed by atoms with E-state index in [0.717, 1.165) is 57.0 Å². The second kappa shape index (κ2) is 12.0. The number of amides is 1. The van der Waals surface area contributed by atoms with Crippen LogP contribution in [-0.2, 0) is 17.6 Å². The highest BCUT2D eigenvalue weighted by Crippen LogP contribution is 2.33. The van der Waals surface area contributed by atoms with Crippen LogP contribution >= 0.6 is 68.3 Å². The van der Waals surface area contributed by atoms with E-state index in [0.29, 0.717) is 11.3 Å². The molecule has 4 rings (SSSR count). The molecule has 9 heteroatoms. The van der Waals surface area contributed by atoms with E-state index in [2.05, 4.69) is 86.5 Å². The summed E-state index contributed by atoms with van der Waals surface area (Å²) in [7, 11) is 0. The minimum Gasteiger partial charge on any atom is -0.506 e. The standard InChI is InChI=1S/C26H23I2N3O2S2/c1-3-15-6-5-7-16(4-2)24(15)31-23(32)14-34-26-30-21-9-8-19(12-22(21)35-26)29-13-17-10-18(27)11-20(28)25(17)33/h5-13,33H,3-4,14H2,1-2H3,(H,31,32). The first-order valence-electron chi connectivity index (χ1n) is 11.0. The van der Waals surface area contributed by atoms with Crippen LogP contribution in [0, 0.1) is 7.14 Å². The van der Waals surface area contributed by atoms with Crippen molar-refractivity contribution in [3.63, 3.8) is 0 Å². The third-order valence-electron chi connectivity index (χ3n) is 5.35. The Morgan fingerprint density at radius 3 is 2.60 bits per heavy atom. The summed E-state index contributed by atoms with van der Waals surface area (Å²) in [5.74, 6) is 0.511. The molecule has 0 saturated heterocycles. The van der Waals surface area contributed by atoms with E-state index in [1.807, 2.05) is 36.4 Å². The number of fused-ring (bicyclic) bond motifs is 1. The van der Waals surface area contributed by atoms with Gasteiger partial charge < -0.3 is 10.4 Å². The Morgan fingerprint density at radius 2 is 1.89 bits per heavy atom. The molecule has 0 atom stereocenters. The number of thiazole rings is 1. The van der Waals surface area contributed by atoms with Crippen molar-refractivity contribution in [2.75, 3.05) is 11.1 Å². The number of para-hydroxylation sites is 1. The molecule has 0 unspecified atom stereocenters. The molecule has 1 aromatic heterocycles. The summed E-state index contributed by atoms with van der Waals surface area (Å²) < 4.78 is 3.69. The summed E-state index contributed by atoms with van der Waals surface area (Å²) in [5, 5.41) is 13.4. The number of nitrogens with zero attached hydrogens (tertiary/aromatic N) is 2. The molecule has 35 heavy (non-hydrogen) atoms. The van der Waals surface area contributed by atoms with E-state index in [1.165, 1.54) is 11.8 Å². The van der Waals surface area contributed by atoms with E-state index in [9.17, 15) is 9.90 Å². The van der Waals surface area contributed by atoms with Gasteiger partial charge in [0.1, 0.15) is 5.75 Å². The van der Waals surface area contributed by atoms with Crippen LogP contribution in [0.5, 0.6) is 5.75 Å². The van der Waals surface area contributed by atoms with Gasteiger partial charge in [-0.1, -0.05) is 43.8 Å². The maximum atomic E-state index is 12.7. The van der Waals surface area contributed by atoms with Crippen molar-refractivity contribution in [3.05, 3.63) is 72.4 Å². The first-order chi connectivity index (χ1) is 16.9. The van der Waals surface area contributed by atoms with Gasteiger partial charge in [-0.05, 0) is 99.5 Å². The quantitative estimate of drug-likeness (QED) is 0.110. The molecule has 0 spiro atoms. The zero-order chi connectivity index (χ0) is 24.9. The fraction of sp³-hybridized carbons (Fsp3) is 0.192. The van der Waals surface area contributed by atoms with Crippen molar-refractivity contribution in [1.29, 1.82) is 0 Å². The minimum atomic E-state index is -0.0259. The number of carbonyl (C=O) groups is 1. The molecule has 2 N–H and O–H groups in total. The molecular formula is C26H23I2N3O2S2. The number of aryl methyl sites for hydroxylation is 2. The fourth-order valence-electron chi connectivity index (χ4n) is 3.57. The molecule has 1 amide bonds. The van der Waals surface area contributed by atoms with Crippen molar-refractivity contribution in [1.82, 2.24) is 4.98 Å². The summed E-state index contributed by atoms with van der Waals surface area (Å²) in [6.07, 6.45) is 3.43. The predicted octanol–water partition coefficient (Wildman–Crippen LogP) is 7.82. The van der Waals surface area contributed by atoms with E-state index in [4.69, 9.17) is 0 Å². The number of aromatic nitrogens is 1. The Kier molecular flexibility index (Phi) is 9.06. The molecule has 1 heterocycles. The molecule has 0 saturated carbocycles. The lowest BCUT2D eigenvalue weighted by atomic mass is 10.0. The predicted molar refractivity (Wildman–Crippen MR) is 165 cm³/mol. The lowest BCUT2D eigenvalue weighted by Crippen LogP contribution is -2.16. The average molecular weight is 727 g/mol. The van der Waals surface area contributed by atoms with Crippen molar-refractivity contribution in [2.24, 2.45) is 4.99 Å². The molecule has 3 aromatic carbocycles. The summed E-state index contributed by atoms with van der Waals surface area (Å²) in [6, 6.07) is 15.8. The maximum Gasteiger partial charge on any atom is 0.234 e. The largest absolute Gasteiger partial charge is 0.506 e. The van der Waals surface area contributed by atoms with Crippen LogP contribution in [0.4, 0.5) is 11.4 Å². The zero-order valence-corrected chi connectivity index (χ0v) is 25.1. The molecule has 0 bridgehead atoms. The number of phenolic OH excluding ortho intramolecular Hbond substituents is 1. The summed E-state index contributed by atoms with van der Waals surface area (Å²) in [6.45, 7) is 4.20. The number of aromatic hydroxyl groups is 1. The number of thioether (sulfide) groups is 1. The normalized spacial score (nSPS) is 11.4. The maximum absolute atomic E-state index is 12.7. The van der Waals surface area contributed by atoms with Crippen molar-refractivity contribution in [3.8, 4) is 5.75 Å². The van der Waals surface area contributed by atoms with Gasteiger partial charge in [-0.25, -0.2) is 4.98 Å². The van der Waals surface area contributed by atoms with Gasteiger partial charge in [0.05, 0.1) is 25.2 Å². The van der Waals surface area contributed by atoms with Gasteiger partial charge >= 0.3 is 0 Å². The zero-order valence-electron chi connectivity index (χ0n) is 19.1. The number of anilines is 1. The van der Waals surface area contributed by atoms with E-state index < -0.39 is 0 Å². The van der Waals surface area contributed by atoms with Crippen LogP contribution in [-0.4, -0.2) is 28.0 Å². The Balaban J connectivity index is 1.44. The molecule has 4 aromatic rings. The Hall–Kier alpha value is -1.70. The van der Waals surface area contributed by atoms with Gasteiger partial charge in [-0.2, -0.15) is 0 Å². The highest BCUT2D eigenvalue weighted by Gasteiger charge is 2.12. The van der Waals surface area contributed by atoms with Gasteiger partial charge in [0, 0.05) is 21.0 Å². The number of aliphatic imine (C=N–C) groups is 1. The third-order valence-corrected chi connectivity index (χ3v) is 8.96. The van der Waals surface area contributed by atoms with Crippen LogP contribution in [0.15, 0.2) is 57.9 Å². The van der Waals surface area contributed by atoms with E-state index in [-0.39, 0.29) is 11.7 Å². The highest BCUT2D eigenvalue weighted by molar-refractivity contribution is 14.1. The number of halogens is 2. The topological polar surface area (TPSA) is 74.6 Å². The summed E-state index contributed by atoms with van der Waals surface area (Å²) in [4.78, 5) is 21.9. The van der Waals surface area contributed by atoms with Crippen LogP contribution in [0.1, 0.15) is 30.5 Å². The monoisotopic (exact) mass is 727 g/mol. The highest BCUT2D eigenvalue weighted by atomic mass is 127. The molecule has 0 aliphatic carbocycles.